The predicted molar refractivity (Wildman–Crippen MR) is 187 cm³/mol. The van der Waals surface area contributed by atoms with Gasteiger partial charge in [0.1, 0.15) is 0 Å². The van der Waals surface area contributed by atoms with Gasteiger partial charge in [0.25, 0.3) is 0 Å². The van der Waals surface area contributed by atoms with Gasteiger partial charge in [-0.1, -0.05) is 0 Å². The molecule has 4 aromatic rings. The van der Waals surface area contributed by atoms with E-state index in [2.05, 4.69) is 0 Å². The molecule has 0 saturated carbocycles. The van der Waals surface area contributed by atoms with Crippen molar-refractivity contribution in [2.45, 2.75) is 27.7 Å². The van der Waals surface area contributed by atoms with Gasteiger partial charge in [0.15, 0.2) is 19.1 Å². The van der Waals surface area contributed by atoms with Crippen LogP contribution in [-0.4, -0.2) is 87.3 Å². The van der Waals surface area contributed by atoms with E-state index in [-0.39, 0.29) is 0 Å². The highest BCUT2D eigenvalue weighted by Gasteiger charge is 2.08. The SMILES string of the molecule is CCOC(=O)n1ccn(C)c1=S.CCOC(=O)n1ccn(C)c1=S.CCOC(=O)n1ccn(C)c1=S.CCOC(=O)n1ccn(C)c1=S. The van der Waals surface area contributed by atoms with Gasteiger partial charge in [0.2, 0.25) is 0 Å². The van der Waals surface area contributed by atoms with Crippen LogP contribution in [0.1, 0.15) is 27.7 Å². The number of aryl methyl sites for hydroxylation is 4. The predicted octanol–water partition coefficient (Wildman–Crippen LogP) is 6.24. The molecule has 20 heteroatoms. The number of rotatable bonds is 4. The zero-order valence-corrected chi connectivity index (χ0v) is 31.2. The van der Waals surface area contributed by atoms with Crippen molar-refractivity contribution in [1.29, 1.82) is 0 Å². The van der Waals surface area contributed by atoms with Gasteiger partial charge in [-0.05, 0) is 76.6 Å². The Morgan fingerprint density at radius 2 is 0.583 bits per heavy atom. The third-order valence-corrected chi connectivity index (χ3v) is 7.59. The maximum absolute atomic E-state index is 11.1. The van der Waals surface area contributed by atoms with Crippen molar-refractivity contribution in [1.82, 2.24) is 36.5 Å². The van der Waals surface area contributed by atoms with Gasteiger partial charge in [-0.3, -0.25) is 0 Å². The quantitative estimate of drug-likeness (QED) is 0.172. The molecular formula is C28H40N8O8S4. The third-order valence-electron chi connectivity index (χ3n) is 5.65. The molecule has 0 unspecified atom stereocenters. The number of imidazole rings is 4. The molecule has 0 aliphatic rings. The number of aromatic nitrogens is 8. The number of carbonyl (C=O) groups is 4. The van der Waals surface area contributed by atoms with E-state index in [1.165, 1.54) is 18.3 Å². The van der Waals surface area contributed by atoms with Crippen LogP contribution in [0.15, 0.2) is 49.6 Å². The van der Waals surface area contributed by atoms with Gasteiger partial charge < -0.3 is 37.2 Å². The lowest BCUT2D eigenvalue weighted by Crippen LogP contribution is -2.13. The van der Waals surface area contributed by atoms with Gasteiger partial charge in [-0.25, -0.2) is 37.4 Å². The van der Waals surface area contributed by atoms with Crippen LogP contribution in [0.3, 0.4) is 0 Å². The van der Waals surface area contributed by atoms with Crippen LogP contribution in [0.25, 0.3) is 0 Å². The van der Waals surface area contributed by atoms with Crippen LogP contribution in [0.2, 0.25) is 0 Å². The van der Waals surface area contributed by atoms with Crippen LogP contribution in [0, 0.1) is 19.1 Å². The summed E-state index contributed by atoms with van der Waals surface area (Å²) in [6.07, 6.45) is 11.5. The summed E-state index contributed by atoms with van der Waals surface area (Å²) in [4.78, 5) is 44.6. The number of nitrogens with zero attached hydrogens (tertiary/aromatic N) is 8. The Bertz CT molecular complexity index is 1630. The summed E-state index contributed by atoms with van der Waals surface area (Å²) < 4.78 is 32.7. The van der Waals surface area contributed by atoms with Crippen molar-refractivity contribution in [2.75, 3.05) is 26.4 Å². The van der Waals surface area contributed by atoms with Gasteiger partial charge in [-0.2, -0.15) is 0 Å². The molecule has 0 bridgehead atoms. The molecule has 48 heavy (non-hydrogen) atoms. The molecule has 0 aliphatic carbocycles. The normalized spacial score (nSPS) is 9.83. The molecular weight excluding hydrogens is 705 g/mol. The minimum absolute atomic E-state index is 0.357. The second-order valence-corrected chi connectivity index (χ2v) is 10.5. The topological polar surface area (TPSA) is 145 Å². The van der Waals surface area contributed by atoms with Crippen LogP contribution < -0.4 is 0 Å². The second-order valence-electron chi connectivity index (χ2n) is 9.04. The smallest absolute Gasteiger partial charge is 0.420 e. The maximum atomic E-state index is 11.1. The molecule has 0 radical (unpaired) electrons. The largest absolute Gasteiger partial charge is 0.449 e. The molecule has 0 aromatic carbocycles. The lowest BCUT2D eigenvalue weighted by Gasteiger charge is -2.00. The maximum Gasteiger partial charge on any atom is 0.420 e. The van der Waals surface area contributed by atoms with Crippen molar-refractivity contribution in [3.63, 3.8) is 0 Å². The van der Waals surface area contributed by atoms with Gasteiger partial charge >= 0.3 is 24.4 Å². The van der Waals surface area contributed by atoms with E-state index in [0.717, 1.165) is 0 Å². The van der Waals surface area contributed by atoms with Crippen molar-refractivity contribution in [3.05, 3.63) is 68.7 Å². The zero-order valence-electron chi connectivity index (χ0n) is 27.9. The van der Waals surface area contributed by atoms with Crippen molar-refractivity contribution < 1.29 is 38.1 Å². The highest BCUT2D eigenvalue weighted by atomic mass is 32.1. The molecule has 0 amide bonds. The Kier molecular flexibility index (Phi) is 18.0. The average molecular weight is 745 g/mol. The summed E-state index contributed by atoms with van der Waals surface area (Å²) in [5.74, 6) is 0. The molecule has 0 spiro atoms. The highest BCUT2D eigenvalue weighted by Crippen LogP contribution is 1.99. The molecule has 0 N–H and O–H groups in total. The van der Waals surface area contributed by atoms with Crippen LogP contribution in [0.5, 0.6) is 0 Å². The lowest BCUT2D eigenvalue weighted by molar-refractivity contribution is 0.152. The highest BCUT2D eigenvalue weighted by molar-refractivity contribution is 7.71. The Labute approximate surface area is 297 Å². The Morgan fingerprint density at radius 3 is 0.688 bits per heavy atom. The molecule has 4 heterocycles. The van der Waals surface area contributed by atoms with Crippen LogP contribution in [-0.2, 0) is 47.1 Å². The van der Waals surface area contributed by atoms with Crippen LogP contribution >= 0.6 is 48.9 Å². The van der Waals surface area contributed by atoms with Gasteiger partial charge in [0.05, 0.1) is 26.4 Å². The minimum Gasteiger partial charge on any atom is -0.449 e. The van der Waals surface area contributed by atoms with E-state index in [1.807, 2.05) is 0 Å². The first-order chi connectivity index (χ1) is 22.7. The summed E-state index contributed by atoms with van der Waals surface area (Å²) in [7, 11) is 7.10. The van der Waals surface area contributed by atoms with Gasteiger partial charge in [-0.15, -0.1) is 0 Å². The molecule has 0 saturated heterocycles. The summed E-state index contributed by atoms with van der Waals surface area (Å²) in [6.45, 7) is 8.44. The fourth-order valence-corrected chi connectivity index (χ4v) is 3.97. The number of ether oxygens (including phenoxy) is 4. The second kappa shape index (κ2) is 20.8. The number of carbonyl (C=O) groups excluding carboxylic acids is 4. The Balaban J connectivity index is 0.000000320. The van der Waals surface area contributed by atoms with E-state index in [1.54, 1.807) is 124 Å². The summed E-state index contributed by atoms with van der Waals surface area (Å²) in [5, 5.41) is 0. The van der Waals surface area contributed by atoms with E-state index < -0.39 is 24.4 Å². The third kappa shape index (κ3) is 12.0. The van der Waals surface area contributed by atoms with Crippen LogP contribution in [0.4, 0.5) is 19.2 Å². The molecule has 4 rings (SSSR count). The van der Waals surface area contributed by atoms with E-state index in [0.29, 0.717) is 45.5 Å². The van der Waals surface area contributed by atoms with Crippen molar-refractivity contribution in [3.8, 4) is 0 Å². The summed E-state index contributed by atoms with van der Waals surface area (Å²) >= 11 is 19.8. The molecule has 0 fully saturated rings. The fourth-order valence-electron chi connectivity index (χ4n) is 3.18. The summed E-state index contributed by atoms with van der Waals surface area (Å²) in [6, 6.07) is 0. The molecule has 0 aliphatic heterocycles. The van der Waals surface area contributed by atoms with Crippen molar-refractivity contribution in [2.24, 2.45) is 28.2 Å². The number of hydrogen-bond acceptors (Lipinski definition) is 12. The van der Waals surface area contributed by atoms with Crippen molar-refractivity contribution >= 4 is 73.2 Å². The molecule has 4 aromatic heterocycles. The Hall–Kier alpha value is -4.40. The van der Waals surface area contributed by atoms with E-state index >= 15 is 0 Å². The first kappa shape index (κ1) is 41.6. The lowest BCUT2D eigenvalue weighted by atomic mass is 10.8. The monoisotopic (exact) mass is 744 g/mol. The number of hydrogen-bond donors (Lipinski definition) is 0. The molecule has 264 valence electrons. The minimum atomic E-state index is -0.428. The molecule has 0 atom stereocenters. The van der Waals surface area contributed by atoms with Gasteiger partial charge in [0, 0.05) is 77.8 Å². The summed E-state index contributed by atoms with van der Waals surface area (Å²) in [5.41, 5.74) is 0. The molecule has 16 nitrogen and oxygen atoms in total. The first-order valence-corrected chi connectivity index (χ1v) is 15.9. The van der Waals surface area contributed by atoms with E-state index in [9.17, 15) is 19.2 Å². The van der Waals surface area contributed by atoms with E-state index in [4.69, 9.17) is 67.8 Å². The zero-order chi connectivity index (χ0) is 36.6. The Morgan fingerprint density at radius 1 is 0.417 bits per heavy atom. The average Bonchev–Trinajstić information content (AvgIpc) is 3.78. The standard InChI is InChI=1S/4C7H10N2O2S/c4*1-3-11-7(10)9-5-4-8(2)6(9)12/h4*4-5H,3H2,1-2H3. The first-order valence-electron chi connectivity index (χ1n) is 14.3. The fraction of sp³-hybridized carbons (Fsp3) is 0.429.